The van der Waals surface area contributed by atoms with E-state index in [2.05, 4.69) is 25.3 Å². The summed E-state index contributed by atoms with van der Waals surface area (Å²) in [5.74, 6) is -2.80. The molecule has 340 valence electrons. The van der Waals surface area contributed by atoms with Crippen molar-refractivity contribution in [3.8, 4) is 17.3 Å². The Kier molecular flexibility index (Phi) is 11.8. The lowest BCUT2D eigenvalue weighted by molar-refractivity contribution is -0.141. The molecule has 4 fully saturated rings. The van der Waals surface area contributed by atoms with Crippen LogP contribution in [0.4, 0.5) is 18.0 Å². The highest BCUT2D eigenvalue weighted by Gasteiger charge is 2.62. The number of fused-ring (bicyclic) bond motifs is 5. The average molecular weight is 909 g/mol. The van der Waals surface area contributed by atoms with E-state index in [4.69, 9.17) is 18.6 Å². The van der Waals surface area contributed by atoms with Crippen molar-refractivity contribution < 1.29 is 59.4 Å². The van der Waals surface area contributed by atoms with Crippen LogP contribution >= 0.6 is 0 Å². The van der Waals surface area contributed by atoms with E-state index in [0.717, 1.165) is 18.6 Å². The summed E-state index contributed by atoms with van der Waals surface area (Å²) in [4.78, 5) is 67.2. The predicted octanol–water partition coefficient (Wildman–Crippen LogP) is 5.69. The number of hydrogen-bond acceptors (Lipinski definition) is 12. The second-order valence-corrected chi connectivity index (χ2v) is 19.1. The highest BCUT2D eigenvalue weighted by Crippen LogP contribution is 2.46. The van der Waals surface area contributed by atoms with Crippen LogP contribution in [0, 0.1) is 5.92 Å². The molecular formula is C44H47F3N6O10S. The van der Waals surface area contributed by atoms with Gasteiger partial charge in [0.25, 0.3) is 11.8 Å². The fourth-order valence-corrected chi connectivity index (χ4v) is 10.1. The van der Waals surface area contributed by atoms with Gasteiger partial charge in [-0.15, -0.1) is 0 Å². The highest BCUT2D eigenvalue weighted by atomic mass is 32.2. The number of carbonyl (C=O) groups excluding carboxylic acids is 4. The predicted molar refractivity (Wildman–Crippen MR) is 223 cm³/mol. The molecule has 2 aliphatic carbocycles. The van der Waals surface area contributed by atoms with Crippen LogP contribution in [0.3, 0.4) is 0 Å². The Labute approximate surface area is 365 Å². The third-order valence-electron chi connectivity index (χ3n) is 12.5. The molecule has 4 amide bonds. The van der Waals surface area contributed by atoms with Crippen LogP contribution in [0.5, 0.6) is 5.88 Å². The topological polar surface area (TPSA) is 208 Å². The molecule has 0 radical (unpaired) electrons. The molecule has 5 aliphatic rings. The van der Waals surface area contributed by atoms with E-state index in [-0.39, 0.29) is 48.7 Å². The van der Waals surface area contributed by atoms with E-state index in [9.17, 15) is 40.8 Å². The van der Waals surface area contributed by atoms with E-state index >= 15 is 0 Å². The Balaban J connectivity index is 1.05. The van der Waals surface area contributed by atoms with Gasteiger partial charge in [0.1, 0.15) is 40.9 Å². The molecule has 64 heavy (non-hydrogen) atoms. The number of alkyl carbamates (subject to hydrolysis) is 1. The van der Waals surface area contributed by atoms with Crippen molar-refractivity contribution in [1.29, 1.82) is 0 Å². The number of sulfonamides is 1. The lowest BCUT2D eigenvalue weighted by Crippen LogP contribution is -2.58. The first-order valence-corrected chi connectivity index (χ1v) is 23.2. The Hall–Kier alpha value is -5.76. The van der Waals surface area contributed by atoms with Gasteiger partial charge in [-0.25, -0.2) is 18.2 Å². The van der Waals surface area contributed by atoms with Gasteiger partial charge in [0, 0.05) is 36.1 Å². The van der Waals surface area contributed by atoms with Gasteiger partial charge in [-0.2, -0.15) is 18.2 Å². The molecule has 0 unspecified atom stereocenters. The van der Waals surface area contributed by atoms with Crippen LogP contribution < -0.4 is 20.1 Å². The van der Waals surface area contributed by atoms with Gasteiger partial charge in [-0.1, -0.05) is 49.3 Å². The minimum absolute atomic E-state index is 0.0266. The van der Waals surface area contributed by atoms with Crippen LogP contribution in [0.25, 0.3) is 33.5 Å². The quantitative estimate of drug-likeness (QED) is 0.182. The Bertz CT molecular complexity index is 2600. The first kappa shape index (κ1) is 43.5. The van der Waals surface area contributed by atoms with Crippen molar-refractivity contribution in [2.45, 2.75) is 112 Å². The van der Waals surface area contributed by atoms with Crippen LogP contribution in [-0.2, 0) is 40.1 Å². The standard InChI is InChI=1S/C44H47F3N6O10S/c45-44(46,47)26-14-12-25(13-15-26)37-49-35-31-9-6-7-11-34(31)63-36(35)39(50-37)61-29-22-33-38(54)51-43(41(56)52-64(58,59)30-16-17-30)23-27(43)8-4-2-1-3-5-10-32(40(55)53(33)24-29)48-42(57)62-28-18-20-60-21-19-28/h4,6-9,11-15,27-30,32-33H,1-3,5,10,16-24H2,(H,48,57)(H,51,54)(H,52,56)/t27-,29-,32+,33+,43-/m1/s1. The summed E-state index contributed by atoms with van der Waals surface area (Å²) in [6.45, 7) is 0.641. The zero-order valence-corrected chi connectivity index (χ0v) is 35.4. The van der Waals surface area contributed by atoms with E-state index in [1.807, 2.05) is 12.2 Å². The van der Waals surface area contributed by atoms with E-state index in [1.54, 1.807) is 24.3 Å². The molecular weight excluding hydrogens is 862 g/mol. The number of halogens is 3. The zero-order valence-electron chi connectivity index (χ0n) is 34.6. The summed E-state index contributed by atoms with van der Waals surface area (Å²) in [6.07, 6.45) is 1.59. The maximum atomic E-state index is 14.8. The first-order chi connectivity index (χ1) is 30.7. The smallest absolute Gasteiger partial charge is 0.416 e. The van der Waals surface area contributed by atoms with Gasteiger partial charge < -0.3 is 34.2 Å². The molecule has 2 saturated carbocycles. The molecule has 5 atom stereocenters. The second-order valence-electron chi connectivity index (χ2n) is 17.1. The van der Waals surface area contributed by atoms with Crippen molar-refractivity contribution in [3.63, 3.8) is 0 Å². The largest absolute Gasteiger partial charge is 0.470 e. The molecule has 3 aliphatic heterocycles. The number of nitrogens with zero attached hydrogens (tertiary/aromatic N) is 3. The van der Waals surface area contributed by atoms with Crippen molar-refractivity contribution in [2.24, 2.45) is 5.92 Å². The molecule has 0 bridgehead atoms. The van der Waals surface area contributed by atoms with Gasteiger partial charge >= 0.3 is 12.3 Å². The van der Waals surface area contributed by atoms with Gasteiger partial charge in [0.15, 0.2) is 5.82 Å². The minimum Gasteiger partial charge on any atom is -0.470 e. The SMILES string of the molecule is O=C(N[C@H]1CCCCCC=C[C@@H]2C[C@@]2(C(=O)NS(=O)(=O)C2CC2)NC(=O)[C@@H]2C[C@@H](Oc3nc(-c4ccc(C(F)(F)F)cc4)nc4c3oc3ccccc34)CN2C1=O)OC1CCOCC1. The number of alkyl halides is 3. The van der Waals surface area contributed by atoms with Crippen molar-refractivity contribution >= 4 is 55.9 Å². The number of nitrogens with one attached hydrogen (secondary N) is 3. The summed E-state index contributed by atoms with van der Waals surface area (Å²) in [5, 5.41) is 5.46. The number of benzene rings is 2. The Morgan fingerprint density at radius 2 is 1.70 bits per heavy atom. The number of para-hydroxylation sites is 1. The van der Waals surface area contributed by atoms with Crippen molar-refractivity contribution in [3.05, 3.63) is 66.2 Å². The van der Waals surface area contributed by atoms with Gasteiger partial charge in [0.2, 0.25) is 27.4 Å². The lowest BCUT2D eigenvalue weighted by Gasteiger charge is -2.30. The monoisotopic (exact) mass is 908 g/mol. The van der Waals surface area contributed by atoms with E-state index in [1.165, 1.54) is 17.0 Å². The lowest BCUT2D eigenvalue weighted by atomic mass is 10.0. The number of allylic oxidation sites excluding steroid dienone is 1. The maximum absolute atomic E-state index is 14.8. The average Bonchev–Trinajstić information content (AvgIpc) is 4.17. The normalized spacial score (nSPS) is 26.0. The number of furan rings is 1. The van der Waals surface area contributed by atoms with Gasteiger partial charge in [0.05, 0.1) is 30.6 Å². The van der Waals surface area contributed by atoms with Crippen LogP contribution in [-0.4, -0.2) is 102 Å². The molecule has 9 rings (SSSR count). The molecule has 16 nitrogen and oxygen atoms in total. The van der Waals surface area contributed by atoms with Crippen LogP contribution in [0.15, 0.2) is 65.1 Å². The summed E-state index contributed by atoms with van der Waals surface area (Å²) in [6, 6.07) is 8.90. The zero-order chi connectivity index (χ0) is 44.8. The van der Waals surface area contributed by atoms with Crippen molar-refractivity contribution in [1.82, 2.24) is 30.2 Å². The molecule has 0 spiro atoms. The molecule has 2 saturated heterocycles. The Morgan fingerprint density at radius 3 is 2.45 bits per heavy atom. The van der Waals surface area contributed by atoms with Gasteiger partial charge in [-0.3, -0.25) is 19.1 Å². The fraction of sp³-hybridized carbons (Fsp3) is 0.500. The van der Waals surface area contributed by atoms with Crippen molar-refractivity contribution in [2.75, 3.05) is 19.8 Å². The highest BCUT2D eigenvalue weighted by molar-refractivity contribution is 7.91. The fourth-order valence-electron chi connectivity index (χ4n) is 8.71. The molecule has 3 N–H and O–H groups in total. The number of aromatic nitrogens is 2. The van der Waals surface area contributed by atoms with Crippen LogP contribution in [0.2, 0.25) is 0 Å². The molecule has 2 aromatic heterocycles. The number of ether oxygens (including phenoxy) is 3. The summed E-state index contributed by atoms with van der Waals surface area (Å²) in [7, 11) is -3.98. The van der Waals surface area contributed by atoms with E-state index < -0.39 is 86.6 Å². The second kappa shape index (κ2) is 17.3. The number of hydrogen-bond donors (Lipinski definition) is 3. The molecule has 5 heterocycles. The third kappa shape index (κ3) is 9.11. The number of amides is 4. The Morgan fingerprint density at radius 1 is 0.938 bits per heavy atom. The molecule has 20 heteroatoms. The third-order valence-corrected chi connectivity index (χ3v) is 14.3. The molecule has 2 aromatic carbocycles. The number of carbonyl (C=O) groups is 4. The summed E-state index contributed by atoms with van der Waals surface area (Å²) >= 11 is 0. The van der Waals surface area contributed by atoms with E-state index in [0.29, 0.717) is 74.6 Å². The summed E-state index contributed by atoms with van der Waals surface area (Å²) in [5.41, 5.74) is -1.36. The first-order valence-electron chi connectivity index (χ1n) is 21.6. The number of rotatable bonds is 8. The molecule has 4 aromatic rings. The minimum atomic E-state index is -4.57. The maximum Gasteiger partial charge on any atom is 0.416 e. The van der Waals surface area contributed by atoms with Crippen LogP contribution in [0.1, 0.15) is 76.2 Å². The summed E-state index contributed by atoms with van der Waals surface area (Å²) < 4.78 is 92.3. The van der Waals surface area contributed by atoms with Gasteiger partial charge in [-0.05, 0) is 62.8 Å².